The van der Waals surface area contributed by atoms with E-state index in [1.165, 1.54) is 0 Å². The zero-order valence-electron chi connectivity index (χ0n) is 10.1. The highest BCUT2D eigenvalue weighted by atomic mass is 79.9. The third-order valence-electron chi connectivity index (χ3n) is 2.59. The number of nitrogens with zero attached hydrogens (tertiary/aromatic N) is 3. The number of hydrogen-bond donors (Lipinski definition) is 1. The summed E-state index contributed by atoms with van der Waals surface area (Å²) in [4.78, 5) is 4.18. The van der Waals surface area contributed by atoms with Crippen molar-refractivity contribution < 1.29 is 13.2 Å². The molecule has 2 heterocycles. The summed E-state index contributed by atoms with van der Waals surface area (Å²) in [6.07, 6.45) is -2.64. The highest BCUT2D eigenvalue weighted by Gasteiger charge is 2.26. The van der Waals surface area contributed by atoms with Crippen molar-refractivity contribution in [1.82, 2.24) is 14.6 Å². The lowest BCUT2D eigenvalue weighted by atomic mass is 10.3. The molecule has 19 heavy (non-hydrogen) atoms. The first-order valence-corrected chi connectivity index (χ1v) is 6.54. The highest BCUT2D eigenvalue weighted by Crippen LogP contribution is 2.23. The molecule has 0 aromatic carbocycles. The van der Waals surface area contributed by atoms with Gasteiger partial charge in [0.05, 0.1) is 24.0 Å². The van der Waals surface area contributed by atoms with Gasteiger partial charge in [-0.25, -0.2) is 9.50 Å². The molecule has 0 aliphatic carbocycles. The van der Waals surface area contributed by atoms with Crippen molar-refractivity contribution in [3.8, 4) is 0 Å². The SMILES string of the molecule is CCc1cnc2c(NCCC(F)(F)F)cc(Br)nn12. The number of fused-ring (bicyclic) bond motifs is 1. The van der Waals surface area contributed by atoms with Crippen LogP contribution in [0.4, 0.5) is 18.9 Å². The normalized spacial score (nSPS) is 12.1. The fourth-order valence-electron chi connectivity index (χ4n) is 1.69. The fourth-order valence-corrected chi connectivity index (χ4v) is 2.08. The molecule has 4 nitrogen and oxygen atoms in total. The molecule has 0 saturated carbocycles. The second kappa shape index (κ2) is 5.36. The standard InChI is InChI=1S/C11H12BrF3N4/c1-2-7-6-17-10-8(5-9(12)18-19(7)10)16-4-3-11(13,14)15/h5-6,16H,2-4H2,1H3. The molecule has 0 aliphatic heterocycles. The topological polar surface area (TPSA) is 42.2 Å². The van der Waals surface area contributed by atoms with Crippen LogP contribution in [0.2, 0.25) is 0 Å². The summed E-state index contributed by atoms with van der Waals surface area (Å²) in [5.74, 6) is 0. The molecule has 0 aliphatic rings. The van der Waals surface area contributed by atoms with E-state index in [-0.39, 0.29) is 6.54 Å². The van der Waals surface area contributed by atoms with Gasteiger partial charge in [-0.3, -0.25) is 0 Å². The number of alkyl halides is 3. The van der Waals surface area contributed by atoms with Crippen LogP contribution in [0.5, 0.6) is 0 Å². The minimum absolute atomic E-state index is 0.191. The largest absolute Gasteiger partial charge is 0.390 e. The van der Waals surface area contributed by atoms with E-state index in [4.69, 9.17) is 0 Å². The predicted molar refractivity (Wildman–Crippen MR) is 69.2 cm³/mol. The van der Waals surface area contributed by atoms with E-state index in [1.54, 1.807) is 16.8 Å². The van der Waals surface area contributed by atoms with E-state index >= 15 is 0 Å². The van der Waals surface area contributed by atoms with Crippen LogP contribution in [0.25, 0.3) is 5.65 Å². The van der Waals surface area contributed by atoms with E-state index in [2.05, 4.69) is 31.3 Å². The van der Waals surface area contributed by atoms with Gasteiger partial charge >= 0.3 is 6.18 Å². The Hall–Kier alpha value is -1.31. The summed E-state index contributed by atoms with van der Waals surface area (Å²) in [7, 11) is 0. The van der Waals surface area contributed by atoms with Gasteiger partial charge in [-0.15, -0.1) is 0 Å². The second-order valence-electron chi connectivity index (χ2n) is 4.01. The van der Waals surface area contributed by atoms with Crippen molar-refractivity contribution in [2.45, 2.75) is 25.9 Å². The molecule has 2 aromatic rings. The Morgan fingerprint density at radius 2 is 2.16 bits per heavy atom. The maximum absolute atomic E-state index is 12.1. The van der Waals surface area contributed by atoms with Crippen LogP contribution >= 0.6 is 15.9 Å². The molecule has 1 N–H and O–H groups in total. The maximum atomic E-state index is 12.1. The molecular formula is C11H12BrF3N4. The lowest BCUT2D eigenvalue weighted by molar-refractivity contribution is -0.131. The predicted octanol–water partition coefficient (Wildman–Crippen LogP) is 3.42. The Kier molecular flexibility index (Phi) is 3.98. The van der Waals surface area contributed by atoms with Crippen molar-refractivity contribution in [2.24, 2.45) is 0 Å². The number of rotatable bonds is 4. The first kappa shape index (κ1) is 14.1. The fraction of sp³-hybridized carbons (Fsp3) is 0.455. The molecular weight excluding hydrogens is 325 g/mol. The van der Waals surface area contributed by atoms with Gasteiger partial charge < -0.3 is 5.32 Å². The third kappa shape index (κ3) is 3.37. The van der Waals surface area contributed by atoms with Gasteiger partial charge in [-0.2, -0.15) is 18.3 Å². The minimum Gasteiger partial charge on any atom is -0.382 e. The molecule has 0 unspecified atom stereocenters. The van der Waals surface area contributed by atoms with Crippen LogP contribution in [0.15, 0.2) is 16.9 Å². The van der Waals surface area contributed by atoms with Crippen LogP contribution < -0.4 is 5.32 Å². The van der Waals surface area contributed by atoms with E-state index < -0.39 is 12.6 Å². The van der Waals surface area contributed by atoms with E-state index in [0.29, 0.717) is 15.9 Å². The number of halogens is 4. The van der Waals surface area contributed by atoms with E-state index in [1.807, 2.05) is 6.92 Å². The Morgan fingerprint density at radius 3 is 2.79 bits per heavy atom. The van der Waals surface area contributed by atoms with Gasteiger partial charge in [0.15, 0.2) is 5.65 Å². The zero-order valence-corrected chi connectivity index (χ0v) is 11.7. The van der Waals surface area contributed by atoms with Crippen molar-refractivity contribution in [3.05, 3.63) is 22.6 Å². The third-order valence-corrected chi connectivity index (χ3v) is 2.98. The van der Waals surface area contributed by atoms with Gasteiger partial charge in [-0.05, 0) is 28.4 Å². The first-order chi connectivity index (χ1) is 8.90. The van der Waals surface area contributed by atoms with Crippen LogP contribution in [-0.2, 0) is 6.42 Å². The molecule has 0 spiro atoms. The molecule has 0 amide bonds. The van der Waals surface area contributed by atoms with Crippen molar-refractivity contribution in [1.29, 1.82) is 0 Å². The van der Waals surface area contributed by atoms with Crippen LogP contribution in [0.3, 0.4) is 0 Å². The average Bonchev–Trinajstić information content (AvgIpc) is 2.70. The highest BCUT2D eigenvalue weighted by molar-refractivity contribution is 9.10. The summed E-state index contributed by atoms with van der Waals surface area (Å²) in [5, 5.41) is 6.98. The molecule has 104 valence electrons. The maximum Gasteiger partial charge on any atom is 0.390 e. The summed E-state index contributed by atoms with van der Waals surface area (Å²) in [6.45, 7) is 1.77. The van der Waals surface area contributed by atoms with Crippen LogP contribution in [0, 0.1) is 0 Å². The number of aromatic nitrogens is 3. The summed E-state index contributed by atoms with van der Waals surface area (Å²) >= 11 is 3.24. The molecule has 0 radical (unpaired) electrons. The van der Waals surface area contributed by atoms with Crippen molar-refractivity contribution >= 4 is 27.3 Å². The van der Waals surface area contributed by atoms with Gasteiger partial charge in [0.2, 0.25) is 0 Å². The van der Waals surface area contributed by atoms with Crippen molar-refractivity contribution in [3.63, 3.8) is 0 Å². The number of aryl methyl sites for hydroxylation is 1. The number of nitrogens with one attached hydrogen (secondary N) is 1. The summed E-state index contributed by atoms with van der Waals surface area (Å²) in [6, 6.07) is 1.62. The monoisotopic (exact) mass is 336 g/mol. The Balaban J connectivity index is 2.25. The molecule has 8 heteroatoms. The summed E-state index contributed by atoms with van der Waals surface area (Å²) in [5.41, 5.74) is 1.96. The van der Waals surface area contributed by atoms with Crippen molar-refractivity contribution in [2.75, 3.05) is 11.9 Å². The Morgan fingerprint density at radius 1 is 1.42 bits per heavy atom. The number of anilines is 1. The molecule has 2 rings (SSSR count). The molecule has 2 aromatic heterocycles. The van der Waals surface area contributed by atoms with Gasteiger partial charge in [-0.1, -0.05) is 6.92 Å². The molecule has 0 bridgehead atoms. The minimum atomic E-state index is -4.17. The average molecular weight is 337 g/mol. The van der Waals surface area contributed by atoms with Crippen LogP contribution in [0.1, 0.15) is 19.0 Å². The quantitative estimate of drug-likeness (QED) is 0.930. The second-order valence-corrected chi connectivity index (χ2v) is 4.82. The van der Waals surface area contributed by atoms with Gasteiger partial charge in [0.25, 0.3) is 0 Å². The Labute approximate surface area is 116 Å². The lowest BCUT2D eigenvalue weighted by Crippen LogP contribution is -2.15. The number of hydrogen-bond acceptors (Lipinski definition) is 3. The smallest absolute Gasteiger partial charge is 0.382 e. The van der Waals surface area contributed by atoms with Gasteiger partial charge in [0.1, 0.15) is 4.60 Å². The molecule has 0 fully saturated rings. The number of imidazole rings is 1. The van der Waals surface area contributed by atoms with Gasteiger partial charge in [0, 0.05) is 6.54 Å². The van der Waals surface area contributed by atoms with E-state index in [0.717, 1.165) is 12.1 Å². The first-order valence-electron chi connectivity index (χ1n) is 5.74. The van der Waals surface area contributed by atoms with E-state index in [9.17, 15) is 13.2 Å². The zero-order chi connectivity index (χ0) is 14.0. The Bertz CT molecular complexity index is 579. The molecule has 0 atom stereocenters. The molecule has 0 saturated heterocycles. The van der Waals surface area contributed by atoms with Crippen LogP contribution in [-0.4, -0.2) is 27.3 Å². The lowest BCUT2D eigenvalue weighted by Gasteiger charge is -2.10. The summed E-state index contributed by atoms with van der Waals surface area (Å²) < 4.78 is 38.6.